The molecule has 2 radical (unpaired) electrons. The van der Waals surface area contributed by atoms with E-state index >= 15 is 0 Å². The third kappa shape index (κ3) is 4.71. The first kappa shape index (κ1) is 22.6. The number of hydrogen-bond donors (Lipinski definition) is 1. The van der Waals surface area contributed by atoms with Gasteiger partial charge in [0.1, 0.15) is 26.2 Å². The Bertz CT molecular complexity index is 1110. The minimum Gasteiger partial charge on any atom is -0.489 e. The standard InChI is InChI=1S/C25H26BN3O5/c26-18-11-19-20(14-29(25(19)32)21-5-6-23(30)27-24(21)31)22(12-18)34-15-17-3-1-16(2-4-17)13-28-7-9-33-10-8-28/h1-4,11-12,21H,5-10,13-15H2,(H,27,30,31). The van der Waals surface area contributed by atoms with Gasteiger partial charge in [-0.25, -0.2) is 0 Å². The molecule has 1 unspecified atom stereocenters. The molecule has 2 fully saturated rings. The zero-order valence-electron chi connectivity index (χ0n) is 18.9. The number of nitrogens with one attached hydrogen (secondary N) is 1. The molecule has 3 aliphatic heterocycles. The van der Waals surface area contributed by atoms with Crippen LogP contribution in [0.4, 0.5) is 0 Å². The number of piperidine rings is 1. The second-order valence-electron chi connectivity index (χ2n) is 8.94. The molecule has 3 heterocycles. The fourth-order valence-corrected chi connectivity index (χ4v) is 4.70. The summed E-state index contributed by atoms with van der Waals surface area (Å²) in [4.78, 5) is 40.7. The van der Waals surface area contributed by atoms with Gasteiger partial charge < -0.3 is 14.4 Å². The average Bonchev–Trinajstić information content (AvgIpc) is 3.15. The van der Waals surface area contributed by atoms with Gasteiger partial charge in [-0.2, -0.15) is 0 Å². The predicted octanol–water partition coefficient (Wildman–Crippen LogP) is 0.653. The minimum absolute atomic E-state index is 0.212. The van der Waals surface area contributed by atoms with Crippen LogP contribution in [0.15, 0.2) is 36.4 Å². The fourth-order valence-electron chi connectivity index (χ4n) is 4.70. The summed E-state index contributed by atoms with van der Waals surface area (Å²) in [6.07, 6.45) is 0.524. The highest BCUT2D eigenvalue weighted by Crippen LogP contribution is 2.33. The number of carbonyl (C=O) groups excluding carboxylic acids is 3. The molecule has 2 saturated heterocycles. The van der Waals surface area contributed by atoms with Crippen LogP contribution in [0, 0.1) is 0 Å². The molecule has 2 aromatic rings. The van der Waals surface area contributed by atoms with Crippen molar-refractivity contribution < 1.29 is 23.9 Å². The topological polar surface area (TPSA) is 88.2 Å². The van der Waals surface area contributed by atoms with Gasteiger partial charge in [0, 0.05) is 37.2 Å². The Labute approximate surface area is 199 Å². The van der Waals surface area contributed by atoms with Crippen molar-refractivity contribution in [2.75, 3.05) is 26.3 Å². The van der Waals surface area contributed by atoms with Gasteiger partial charge in [0.15, 0.2) is 0 Å². The number of hydrogen-bond acceptors (Lipinski definition) is 6. The van der Waals surface area contributed by atoms with E-state index in [1.54, 1.807) is 12.1 Å². The molecular weight excluding hydrogens is 433 g/mol. The van der Waals surface area contributed by atoms with Crippen LogP contribution in [0.3, 0.4) is 0 Å². The molecule has 8 nitrogen and oxygen atoms in total. The highest BCUT2D eigenvalue weighted by atomic mass is 16.5. The van der Waals surface area contributed by atoms with E-state index in [1.165, 1.54) is 10.5 Å². The quantitative estimate of drug-likeness (QED) is 0.505. The van der Waals surface area contributed by atoms with Crippen LogP contribution in [0.2, 0.25) is 0 Å². The molecule has 1 atom stereocenters. The zero-order valence-corrected chi connectivity index (χ0v) is 18.9. The van der Waals surface area contributed by atoms with Gasteiger partial charge >= 0.3 is 0 Å². The molecule has 34 heavy (non-hydrogen) atoms. The van der Waals surface area contributed by atoms with Crippen molar-refractivity contribution in [2.24, 2.45) is 0 Å². The summed E-state index contributed by atoms with van der Waals surface area (Å²) in [5, 5.41) is 2.32. The highest BCUT2D eigenvalue weighted by Gasteiger charge is 2.40. The van der Waals surface area contributed by atoms with Crippen LogP contribution in [0.1, 0.15) is 39.9 Å². The maximum Gasteiger partial charge on any atom is 0.255 e. The van der Waals surface area contributed by atoms with Crippen LogP contribution < -0.4 is 15.5 Å². The zero-order chi connectivity index (χ0) is 23.7. The molecule has 2 aromatic carbocycles. The van der Waals surface area contributed by atoms with Gasteiger partial charge in [-0.05, 0) is 23.6 Å². The molecule has 5 rings (SSSR count). The Kier molecular flexibility index (Phi) is 6.39. The number of amides is 3. The van der Waals surface area contributed by atoms with Crippen LogP contribution in [-0.4, -0.2) is 67.7 Å². The van der Waals surface area contributed by atoms with Gasteiger partial charge in [0.25, 0.3) is 5.91 Å². The Morgan fingerprint density at radius 2 is 1.79 bits per heavy atom. The molecule has 3 amide bonds. The number of morpholine rings is 1. The lowest BCUT2D eigenvalue weighted by atomic mass is 9.92. The smallest absolute Gasteiger partial charge is 0.255 e. The Balaban J connectivity index is 1.26. The summed E-state index contributed by atoms with van der Waals surface area (Å²) in [6.45, 7) is 4.92. The second-order valence-corrected chi connectivity index (χ2v) is 8.94. The van der Waals surface area contributed by atoms with Gasteiger partial charge in [-0.3, -0.25) is 24.6 Å². The summed E-state index contributed by atoms with van der Waals surface area (Å²) < 4.78 is 11.5. The number of rotatable bonds is 6. The maximum atomic E-state index is 13.0. The normalized spacial score (nSPS) is 20.9. The van der Waals surface area contributed by atoms with E-state index in [1.807, 2.05) is 12.1 Å². The van der Waals surface area contributed by atoms with Gasteiger partial charge in [-0.15, -0.1) is 0 Å². The summed E-state index contributed by atoms with van der Waals surface area (Å²) >= 11 is 0. The number of benzene rings is 2. The van der Waals surface area contributed by atoms with Crippen molar-refractivity contribution in [2.45, 2.75) is 38.6 Å². The van der Waals surface area contributed by atoms with E-state index in [2.05, 4.69) is 22.3 Å². The van der Waals surface area contributed by atoms with Gasteiger partial charge in [0.05, 0.1) is 19.8 Å². The summed E-state index contributed by atoms with van der Waals surface area (Å²) in [5.74, 6) is -0.482. The largest absolute Gasteiger partial charge is 0.489 e. The van der Waals surface area contributed by atoms with Crippen molar-refractivity contribution in [3.05, 3.63) is 58.7 Å². The Morgan fingerprint density at radius 1 is 1.06 bits per heavy atom. The van der Waals surface area contributed by atoms with Crippen molar-refractivity contribution >= 4 is 31.0 Å². The molecule has 0 spiro atoms. The van der Waals surface area contributed by atoms with Crippen molar-refractivity contribution in [3.63, 3.8) is 0 Å². The summed E-state index contributed by atoms with van der Waals surface area (Å²) in [6, 6.07) is 11.0. The van der Waals surface area contributed by atoms with E-state index in [0.717, 1.165) is 38.4 Å². The molecule has 174 valence electrons. The number of ether oxygens (including phenoxy) is 2. The number of fused-ring (bicyclic) bond motifs is 1. The van der Waals surface area contributed by atoms with E-state index in [0.29, 0.717) is 35.4 Å². The lowest BCUT2D eigenvalue weighted by molar-refractivity contribution is -0.136. The van der Waals surface area contributed by atoms with Crippen molar-refractivity contribution in [1.29, 1.82) is 0 Å². The van der Waals surface area contributed by atoms with E-state index in [9.17, 15) is 14.4 Å². The SMILES string of the molecule is [B]c1cc(OCc2ccc(CN3CCOCC3)cc2)c2c(c1)C(=O)N(C1CCC(=O)NC1=O)C2. The summed E-state index contributed by atoms with van der Waals surface area (Å²) in [7, 11) is 6.05. The lowest BCUT2D eigenvalue weighted by Crippen LogP contribution is -2.52. The van der Waals surface area contributed by atoms with Crippen molar-refractivity contribution in [3.8, 4) is 5.75 Å². The van der Waals surface area contributed by atoms with Crippen LogP contribution >= 0.6 is 0 Å². The third-order valence-electron chi connectivity index (χ3n) is 6.56. The summed E-state index contributed by atoms with van der Waals surface area (Å²) in [5.41, 5.74) is 3.83. The molecule has 0 saturated carbocycles. The predicted molar refractivity (Wildman–Crippen MR) is 125 cm³/mol. The number of nitrogens with zero attached hydrogens (tertiary/aromatic N) is 2. The van der Waals surface area contributed by atoms with E-state index in [4.69, 9.17) is 17.3 Å². The minimum atomic E-state index is -0.675. The number of imide groups is 1. The molecule has 0 bridgehead atoms. The first-order valence-electron chi connectivity index (χ1n) is 11.6. The first-order chi connectivity index (χ1) is 16.5. The lowest BCUT2D eigenvalue weighted by Gasteiger charge is -2.29. The fraction of sp³-hybridized carbons (Fsp3) is 0.400. The third-order valence-corrected chi connectivity index (χ3v) is 6.56. The van der Waals surface area contributed by atoms with Gasteiger partial charge in [0.2, 0.25) is 11.8 Å². The van der Waals surface area contributed by atoms with E-state index in [-0.39, 0.29) is 24.8 Å². The molecule has 0 aliphatic carbocycles. The average molecular weight is 459 g/mol. The molecule has 9 heteroatoms. The Morgan fingerprint density at radius 3 is 2.53 bits per heavy atom. The van der Waals surface area contributed by atoms with Gasteiger partial charge in [-0.1, -0.05) is 35.8 Å². The molecule has 1 N–H and O–H groups in total. The van der Waals surface area contributed by atoms with Crippen LogP contribution in [0.25, 0.3) is 0 Å². The first-order valence-corrected chi connectivity index (χ1v) is 11.6. The van der Waals surface area contributed by atoms with Crippen molar-refractivity contribution in [1.82, 2.24) is 15.1 Å². The second kappa shape index (κ2) is 9.60. The van der Waals surface area contributed by atoms with E-state index < -0.39 is 11.9 Å². The van der Waals surface area contributed by atoms with Crippen LogP contribution in [-0.2, 0) is 34.0 Å². The monoisotopic (exact) mass is 459 g/mol. The maximum absolute atomic E-state index is 13.0. The highest BCUT2D eigenvalue weighted by molar-refractivity contribution is 6.33. The van der Waals surface area contributed by atoms with Crippen LogP contribution in [0.5, 0.6) is 5.75 Å². The Hall–Kier alpha value is -3.17. The molecule has 3 aliphatic rings. The molecular formula is C25H26BN3O5. The number of carbonyl (C=O) groups is 3. The molecule has 0 aromatic heterocycles.